The summed E-state index contributed by atoms with van der Waals surface area (Å²) in [5, 5.41) is 51.0. The smallest absolute Gasteiger partial charge is 0.303 e. The highest BCUT2D eigenvalue weighted by atomic mass is 32.1. The van der Waals surface area contributed by atoms with Gasteiger partial charge in [-0.2, -0.15) is 0 Å². The summed E-state index contributed by atoms with van der Waals surface area (Å²) < 4.78 is 1.09. The summed E-state index contributed by atoms with van der Waals surface area (Å²) in [6, 6.07) is 0. The van der Waals surface area contributed by atoms with Crippen LogP contribution in [0.1, 0.15) is 116 Å². The molecule has 0 atom stereocenters. The molecule has 24 heteroatoms. The van der Waals surface area contributed by atoms with Crippen molar-refractivity contribution in [3.8, 4) is 0 Å². The Balaban J connectivity index is -0.000000167. The van der Waals surface area contributed by atoms with Crippen molar-refractivity contribution in [2.75, 3.05) is 39.3 Å². The number of quaternary nitrogens is 3. The minimum absolute atomic E-state index is 0. The predicted molar refractivity (Wildman–Crippen MR) is 241 cm³/mol. The van der Waals surface area contributed by atoms with E-state index in [0.717, 1.165) is 38.5 Å². The molecular weight excluding hydrogens is 865 g/mol. The van der Waals surface area contributed by atoms with Crippen LogP contribution < -0.4 is 18.5 Å². The number of aliphatic carboxylic acids is 6. The molecule has 336 valence electrons. The Morgan fingerprint density at radius 2 is 0.439 bits per heavy atom. The van der Waals surface area contributed by atoms with Crippen LogP contribution in [0, 0.1) is 0 Å². The lowest BCUT2D eigenvalue weighted by Crippen LogP contribution is -2.30. The van der Waals surface area contributed by atoms with Crippen molar-refractivity contribution in [2.45, 2.75) is 116 Å². The molecule has 0 aliphatic carbocycles. The molecule has 0 saturated carbocycles. The molecule has 0 aromatic carbocycles. The first-order chi connectivity index (χ1) is 25.3. The van der Waals surface area contributed by atoms with E-state index < -0.39 is 35.8 Å². The average Bonchev–Trinajstić information content (AvgIpc) is 3.05. The van der Waals surface area contributed by atoms with E-state index in [-0.39, 0.29) is 57.0 Å². The average molecular weight is 931 g/mol. The topological polar surface area (TPSA) is 343 Å². The molecule has 0 bridgehead atoms. The molecule has 57 heavy (non-hydrogen) atoms. The van der Waals surface area contributed by atoms with E-state index in [9.17, 15) is 28.8 Å². The number of carboxylic acid groups (broad SMARTS) is 6. The van der Waals surface area contributed by atoms with Gasteiger partial charge in [-0.05, 0) is 77.0 Å². The van der Waals surface area contributed by atoms with E-state index in [1.807, 2.05) is 14.7 Å². The predicted octanol–water partition coefficient (Wildman–Crippen LogP) is 6.02. The van der Waals surface area contributed by atoms with Crippen molar-refractivity contribution in [2.24, 2.45) is 0 Å². The van der Waals surface area contributed by atoms with Crippen LogP contribution in [0.15, 0.2) is 0 Å². The number of thiocarbonyl (C=S) groups is 3. The molecule has 18 nitrogen and oxygen atoms in total. The van der Waals surface area contributed by atoms with Crippen molar-refractivity contribution >= 4 is 123 Å². The van der Waals surface area contributed by atoms with Gasteiger partial charge >= 0.3 is 35.8 Å². The SMILES string of the molecule is O=C(O)CCCCN(CCCCC(=O)O)C(=S)[S-].O=C(O)CCCCN(CCCCC(=O)O)C(=S)[S-].O=C(O)CCCCN(CCCCC(=O)O)C(=S)[S-].[NH4+].[NH4+].[NH4+]. The van der Waals surface area contributed by atoms with E-state index in [1.165, 1.54) is 0 Å². The maximum Gasteiger partial charge on any atom is 0.303 e. The van der Waals surface area contributed by atoms with E-state index in [2.05, 4.69) is 0 Å². The zero-order valence-corrected chi connectivity index (χ0v) is 38.3. The molecule has 0 heterocycles. The highest BCUT2D eigenvalue weighted by Crippen LogP contribution is 2.07. The molecule has 0 radical (unpaired) electrons. The van der Waals surface area contributed by atoms with Crippen LogP contribution in [0.5, 0.6) is 0 Å². The summed E-state index contributed by atoms with van der Waals surface area (Å²) in [6.07, 6.45) is 8.82. The van der Waals surface area contributed by atoms with E-state index in [4.69, 9.17) is 105 Å². The second kappa shape index (κ2) is 44.1. The fourth-order valence-corrected chi connectivity index (χ4v) is 5.45. The highest BCUT2D eigenvalue weighted by molar-refractivity contribution is 8.00. The number of unbranched alkanes of at least 4 members (excludes halogenated alkanes) is 6. The third kappa shape index (κ3) is 53.0. The fraction of sp³-hybridized carbons (Fsp3) is 0.727. The quantitative estimate of drug-likeness (QED) is 0.0226. The number of rotatable bonds is 30. The van der Waals surface area contributed by atoms with Crippen molar-refractivity contribution in [3.05, 3.63) is 0 Å². The van der Waals surface area contributed by atoms with Crippen LogP contribution in [-0.2, 0) is 66.7 Å². The third-order valence-electron chi connectivity index (χ3n) is 7.19. The van der Waals surface area contributed by atoms with Gasteiger partial charge in [0.15, 0.2) is 0 Å². The van der Waals surface area contributed by atoms with Gasteiger partial charge in [-0.25, -0.2) is 0 Å². The van der Waals surface area contributed by atoms with Crippen molar-refractivity contribution in [3.63, 3.8) is 0 Å². The Kier molecular flexibility index (Phi) is 51.0. The van der Waals surface area contributed by atoms with Gasteiger partial charge in [0.25, 0.3) is 0 Å². The van der Waals surface area contributed by atoms with Gasteiger partial charge in [0.1, 0.15) is 0 Å². The molecular formula is C33H66N6O12S6. The third-order valence-corrected chi connectivity index (χ3v) is 8.74. The van der Waals surface area contributed by atoms with E-state index >= 15 is 0 Å². The minimum atomic E-state index is -0.802. The molecule has 0 saturated heterocycles. The maximum absolute atomic E-state index is 10.3. The number of carbonyl (C=O) groups is 6. The van der Waals surface area contributed by atoms with Crippen LogP contribution >= 0.6 is 36.7 Å². The molecule has 0 rings (SSSR count). The molecule has 0 aliphatic heterocycles. The molecule has 0 fully saturated rings. The Labute approximate surface area is 368 Å². The van der Waals surface area contributed by atoms with Crippen LogP contribution in [0.3, 0.4) is 0 Å². The van der Waals surface area contributed by atoms with Crippen LogP contribution in [-0.4, -0.2) is 133 Å². The summed E-state index contributed by atoms with van der Waals surface area (Å²) in [5.41, 5.74) is 0. The second-order valence-corrected chi connectivity index (χ2v) is 15.0. The van der Waals surface area contributed by atoms with Gasteiger partial charge in [-0.15, -0.1) is 0 Å². The summed E-state index contributed by atoms with van der Waals surface area (Å²) in [4.78, 5) is 67.5. The van der Waals surface area contributed by atoms with Gasteiger partial charge in [0, 0.05) is 77.8 Å². The van der Waals surface area contributed by atoms with Gasteiger partial charge in [-0.3, -0.25) is 28.8 Å². The Morgan fingerprint density at radius 3 is 0.526 bits per heavy atom. The second-order valence-electron chi connectivity index (χ2n) is 11.9. The van der Waals surface area contributed by atoms with Gasteiger partial charge in [0.05, 0.1) is 0 Å². The first kappa shape index (κ1) is 65.9. The van der Waals surface area contributed by atoms with E-state index in [1.54, 1.807) is 0 Å². The first-order valence-corrected chi connectivity index (χ1v) is 19.9. The summed E-state index contributed by atoms with van der Waals surface area (Å²) in [6.45, 7) is 3.85. The highest BCUT2D eigenvalue weighted by Gasteiger charge is 2.06. The lowest BCUT2D eigenvalue weighted by Gasteiger charge is -2.28. The molecule has 0 amide bonds. The number of hydrogen-bond donors (Lipinski definition) is 9. The standard InChI is InChI=1S/3C11H19NO4S2.3H3N/c3*13-9(14)5-1-3-7-12(11(17)18)8-4-2-6-10(15)16;;;/h3*1-8H2,(H,13,14)(H,15,16)(H,17,18);3*1H3. The molecule has 0 aromatic rings. The largest absolute Gasteiger partial charge is 0.481 e. The normalized spacial score (nSPS) is 9.47. The zero-order valence-electron chi connectivity index (χ0n) is 33.4. The Morgan fingerprint density at radius 1 is 0.316 bits per heavy atom. The molecule has 0 spiro atoms. The lowest BCUT2D eigenvalue weighted by atomic mass is 10.2. The van der Waals surface area contributed by atoms with Crippen LogP contribution in [0.4, 0.5) is 0 Å². The van der Waals surface area contributed by atoms with Crippen LogP contribution in [0.25, 0.3) is 0 Å². The summed E-state index contributed by atoms with van der Waals surface area (Å²) in [7, 11) is 0. The maximum atomic E-state index is 10.3. The van der Waals surface area contributed by atoms with E-state index in [0.29, 0.717) is 90.8 Å². The number of nitrogens with zero attached hydrogens (tertiary/aromatic N) is 3. The molecule has 0 aromatic heterocycles. The van der Waals surface area contributed by atoms with Crippen LogP contribution in [0.2, 0.25) is 0 Å². The van der Waals surface area contributed by atoms with Crippen molar-refractivity contribution in [1.82, 2.24) is 33.2 Å². The van der Waals surface area contributed by atoms with Gasteiger partial charge in [0.2, 0.25) is 0 Å². The lowest BCUT2D eigenvalue weighted by molar-refractivity contribution is -0.138. The molecule has 0 aliphatic rings. The van der Waals surface area contributed by atoms with Gasteiger partial charge in [-0.1, -0.05) is 13.0 Å². The minimum Gasteiger partial charge on any atom is -0.481 e. The van der Waals surface area contributed by atoms with Gasteiger partial charge < -0.3 is 138 Å². The fourth-order valence-electron chi connectivity index (χ4n) is 4.36. The molecule has 0 unspecified atom stereocenters. The summed E-state index contributed by atoms with van der Waals surface area (Å²) >= 11 is 29.6. The van der Waals surface area contributed by atoms with Crippen molar-refractivity contribution in [1.29, 1.82) is 0 Å². The molecule has 18 N–H and O–H groups in total. The Hall–Kier alpha value is -2.97. The first-order valence-electron chi connectivity index (χ1n) is 17.5. The van der Waals surface area contributed by atoms with Crippen molar-refractivity contribution < 1.29 is 59.4 Å². The Bertz CT molecular complexity index is 973. The number of carboxylic acids is 6. The zero-order chi connectivity index (χ0) is 41.9. The summed E-state index contributed by atoms with van der Waals surface area (Å²) in [5.74, 6) is -4.81. The monoisotopic (exact) mass is 930 g/mol. The number of hydrogen-bond acceptors (Lipinski definition) is 12.